The molecule has 1 aromatic heterocycles. The van der Waals surface area contributed by atoms with Crippen LogP contribution in [0.1, 0.15) is 31.0 Å². The first-order valence-electron chi connectivity index (χ1n) is 6.10. The van der Waals surface area contributed by atoms with Crippen molar-refractivity contribution in [1.29, 1.82) is 0 Å². The van der Waals surface area contributed by atoms with Crippen LogP contribution in [0, 0.1) is 0 Å². The summed E-state index contributed by atoms with van der Waals surface area (Å²) in [4.78, 5) is 5.47. The van der Waals surface area contributed by atoms with Crippen LogP contribution in [0.15, 0.2) is 33.7 Å². The van der Waals surface area contributed by atoms with Crippen molar-refractivity contribution in [3.63, 3.8) is 0 Å². The highest BCUT2D eigenvalue weighted by Gasteiger charge is 2.13. The normalized spacial score (nSPS) is 12.6. The third kappa shape index (κ3) is 4.23. The molecule has 0 fully saturated rings. The van der Waals surface area contributed by atoms with Crippen LogP contribution in [0.25, 0.3) is 0 Å². The van der Waals surface area contributed by atoms with E-state index in [1.807, 2.05) is 31.2 Å². The highest BCUT2D eigenvalue weighted by molar-refractivity contribution is 7.98. The maximum absolute atomic E-state index is 5.93. The van der Waals surface area contributed by atoms with E-state index in [2.05, 4.69) is 10.1 Å². The second kappa shape index (κ2) is 6.93. The summed E-state index contributed by atoms with van der Waals surface area (Å²) in [7, 11) is 0. The lowest BCUT2D eigenvalue weighted by Crippen LogP contribution is -2.04. The number of thioether (sulfide) groups is 1. The van der Waals surface area contributed by atoms with Crippen LogP contribution in [0.4, 0.5) is 0 Å². The summed E-state index contributed by atoms with van der Waals surface area (Å²) in [6, 6.07) is 7.71. The SMILES string of the molecule is CC(CCN)c1nc(CSc2cccc(Cl)c2)no1. The molecule has 1 heterocycles. The van der Waals surface area contributed by atoms with Gasteiger partial charge >= 0.3 is 0 Å². The molecule has 2 N–H and O–H groups in total. The lowest BCUT2D eigenvalue weighted by atomic mass is 10.1. The summed E-state index contributed by atoms with van der Waals surface area (Å²) in [5.74, 6) is 2.23. The number of rotatable bonds is 6. The van der Waals surface area contributed by atoms with Gasteiger partial charge in [-0.3, -0.25) is 0 Å². The molecule has 0 saturated heterocycles. The minimum absolute atomic E-state index is 0.211. The molecule has 0 bridgehead atoms. The van der Waals surface area contributed by atoms with Gasteiger partial charge < -0.3 is 10.3 Å². The van der Waals surface area contributed by atoms with Gasteiger partial charge in [0.2, 0.25) is 5.89 Å². The van der Waals surface area contributed by atoms with Crippen molar-refractivity contribution in [2.45, 2.75) is 29.9 Å². The predicted octanol–water partition coefficient (Wildman–Crippen LogP) is 3.47. The van der Waals surface area contributed by atoms with Gasteiger partial charge in [0.25, 0.3) is 0 Å². The third-order valence-corrected chi connectivity index (χ3v) is 3.89. The quantitative estimate of drug-likeness (QED) is 0.827. The average Bonchev–Trinajstić information content (AvgIpc) is 2.86. The third-order valence-electron chi connectivity index (χ3n) is 2.67. The second-order valence-corrected chi connectivity index (χ2v) is 5.76. The Morgan fingerprint density at radius 1 is 1.47 bits per heavy atom. The highest BCUT2D eigenvalue weighted by Crippen LogP contribution is 2.25. The van der Waals surface area contributed by atoms with Crippen LogP contribution in [0.5, 0.6) is 0 Å². The molecule has 102 valence electrons. The molecule has 0 spiro atoms. The minimum atomic E-state index is 0.211. The fraction of sp³-hybridized carbons (Fsp3) is 0.385. The van der Waals surface area contributed by atoms with Gasteiger partial charge in [-0.1, -0.05) is 29.7 Å². The van der Waals surface area contributed by atoms with E-state index in [-0.39, 0.29) is 5.92 Å². The van der Waals surface area contributed by atoms with Gasteiger partial charge in [0.15, 0.2) is 5.82 Å². The average molecular weight is 298 g/mol. The first-order chi connectivity index (χ1) is 9.19. The van der Waals surface area contributed by atoms with E-state index in [1.54, 1.807) is 11.8 Å². The highest BCUT2D eigenvalue weighted by atomic mass is 35.5. The van der Waals surface area contributed by atoms with Gasteiger partial charge in [0, 0.05) is 15.8 Å². The Hall–Kier alpha value is -1.04. The largest absolute Gasteiger partial charge is 0.339 e. The molecule has 1 unspecified atom stereocenters. The predicted molar refractivity (Wildman–Crippen MR) is 77.4 cm³/mol. The van der Waals surface area contributed by atoms with Gasteiger partial charge in [-0.15, -0.1) is 11.8 Å². The van der Waals surface area contributed by atoms with Crippen molar-refractivity contribution in [3.8, 4) is 0 Å². The molecule has 1 aromatic carbocycles. The first kappa shape index (κ1) is 14.4. The second-order valence-electron chi connectivity index (χ2n) is 4.27. The Labute approximate surface area is 121 Å². The van der Waals surface area contributed by atoms with Crippen molar-refractivity contribution in [2.75, 3.05) is 6.54 Å². The molecule has 2 aromatic rings. The van der Waals surface area contributed by atoms with E-state index in [9.17, 15) is 0 Å². The molecule has 4 nitrogen and oxygen atoms in total. The van der Waals surface area contributed by atoms with E-state index in [4.69, 9.17) is 21.9 Å². The molecule has 0 amide bonds. The van der Waals surface area contributed by atoms with E-state index in [0.29, 0.717) is 24.0 Å². The van der Waals surface area contributed by atoms with Crippen LogP contribution in [0.3, 0.4) is 0 Å². The van der Waals surface area contributed by atoms with E-state index < -0.39 is 0 Å². The van der Waals surface area contributed by atoms with E-state index in [1.165, 1.54) is 0 Å². The molecule has 0 saturated carbocycles. The molecule has 6 heteroatoms. The van der Waals surface area contributed by atoms with Crippen molar-refractivity contribution in [2.24, 2.45) is 5.73 Å². The standard InChI is InChI=1S/C13H16ClN3OS/c1-9(5-6-15)13-16-12(17-18-13)8-19-11-4-2-3-10(14)7-11/h2-4,7,9H,5-6,8,15H2,1H3. The van der Waals surface area contributed by atoms with Crippen molar-refractivity contribution in [3.05, 3.63) is 41.0 Å². The van der Waals surface area contributed by atoms with Gasteiger partial charge in [-0.2, -0.15) is 4.98 Å². The van der Waals surface area contributed by atoms with Crippen molar-refractivity contribution in [1.82, 2.24) is 10.1 Å². The Morgan fingerprint density at radius 3 is 3.05 bits per heavy atom. The lowest BCUT2D eigenvalue weighted by molar-refractivity contribution is 0.352. The minimum Gasteiger partial charge on any atom is -0.339 e. The first-order valence-corrected chi connectivity index (χ1v) is 7.46. The Balaban J connectivity index is 1.93. The smallest absolute Gasteiger partial charge is 0.229 e. The molecule has 0 aliphatic carbocycles. The lowest BCUT2D eigenvalue weighted by Gasteiger charge is -2.01. The van der Waals surface area contributed by atoms with Gasteiger partial charge in [-0.25, -0.2) is 0 Å². The van der Waals surface area contributed by atoms with Crippen LogP contribution >= 0.6 is 23.4 Å². The molecule has 1 atom stereocenters. The fourth-order valence-electron chi connectivity index (χ4n) is 1.60. The van der Waals surface area contributed by atoms with Crippen LogP contribution < -0.4 is 5.73 Å². The molecule has 0 aliphatic heterocycles. The number of hydrogen-bond donors (Lipinski definition) is 1. The zero-order valence-corrected chi connectivity index (χ0v) is 12.2. The zero-order valence-electron chi connectivity index (χ0n) is 10.7. The van der Waals surface area contributed by atoms with Gasteiger partial charge in [0.05, 0.1) is 5.75 Å². The Kier molecular flexibility index (Phi) is 5.24. The summed E-state index contributed by atoms with van der Waals surface area (Å²) in [6.07, 6.45) is 0.850. The zero-order chi connectivity index (χ0) is 13.7. The number of benzene rings is 1. The number of halogens is 1. The molecule has 2 rings (SSSR count). The molecular formula is C13H16ClN3OS. The van der Waals surface area contributed by atoms with Crippen LogP contribution in [-0.4, -0.2) is 16.7 Å². The Bertz CT molecular complexity index is 532. The van der Waals surface area contributed by atoms with E-state index >= 15 is 0 Å². The molecule has 0 aliphatic rings. The summed E-state index contributed by atoms with van der Waals surface area (Å²) in [5, 5.41) is 4.71. The summed E-state index contributed by atoms with van der Waals surface area (Å²) in [6.45, 7) is 2.66. The van der Waals surface area contributed by atoms with Crippen molar-refractivity contribution < 1.29 is 4.52 Å². The molecular weight excluding hydrogens is 282 g/mol. The van der Waals surface area contributed by atoms with Crippen molar-refractivity contribution >= 4 is 23.4 Å². The van der Waals surface area contributed by atoms with Crippen LogP contribution in [0.2, 0.25) is 5.02 Å². The van der Waals surface area contributed by atoms with Gasteiger partial charge in [-0.05, 0) is 31.2 Å². The number of nitrogens with zero attached hydrogens (tertiary/aromatic N) is 2. The number of aromatic nitrogens is 2. The number of hydrogen-bond acceptors (Lipinski definition) is 5. The monoisotopic (exact) mass is 297 g/mol. The maximum Gasteiger partial charge on any atom is 0.229 e. The summed E-state index contributed by atoms with van der Waals surface area (Å²) >= 11 is 7.56. The fourth-order valence-corrected chi connectivity index (χ4v) is 2.66. The number of nitrogens with two attached hydrogens (primary N) is 1. The molecule has 0 radical (unpaired) electrons. The summed E-state index contributed by atoms with van der Waals surface area (Å²) < 4.78 is 5.24. The van der Waals surface area contributed by atoms with Gasteiger partial charge in [0.1, 0.15) is 0 Å². The van der Waals surface area contributed by atoms with E-state index in [0.717, 1.165) is 16.3 Å². The maximum atomic E-state index is 5.93. The Morgan fingerprint density at radius 2 is 2.32 bits per heavy atom. The topological polar surface area (TPSA) is 64.9 Å². The molecule has 19 heavy (non-hydrogen) atoms. The van der Waals surface area contributed by atoms with Crippen LogP contribution in [-0.2, 0) is 5.75 Å². The summed E-state index contributed by atoms with van der Waals surface area (Å²) in [5.41, 5.74) is 5.52.